The molecule has 3 saturated heterocycles. The number of allylic oxidation sites excluding steroid dienone is 1. The number of nitriles is 2. The molecule has 2 unspecified atom stereocenters. The lowest BCUT2D eigenvalue weighted by Crippen LogP contribution is -2.39. The van der Waals surface area contributed by atoms with Gasteiger partial charge in [0, 0.05) is 13.2 Å². The molecule has 54 heavy (non-hydrogen) atoms. The van der Waals surface area contributed by atoms with E-state index in [1.165, 1.54) is 10.0 Å². The molecule has 3 aromatic rings. The molecule has 12 nitrogen and oxygen atoms in total. The zero-order valence-corrected chi connectivity index (χ0v) is 31.5. The zero-order chi connectivity index (χ0) is 37.3. The van der Waals surface area contributed by atoms with Crippen LogP contribution >= 0.6 is 47.0 Å². The molecule has 5 aliphatic heterocycles. The van der Waals surface area contributed by atoms with E-state index in [0.717, 1.165) is 58.2 Å². The zero-order valence-electron chi connectivity index (χ0n) is 28.3. The van der Waals surface area contributed by atoms with Crippen molar-refractivity contribution >= 4 is 70.8 Å². The molecule has 2 atom stereocenters. The second kappa shape index (κ2) is 15.6. The summed E-state index contributed by atoms with van der Waals surface area (Å²) in [5.74, 6) is -2.07. The number of hydrogen-bond acceptors (Lipinski definition) is 14. The van der Waals surface area contributed by atoms with Gasteiger partial charge in [-0.25, -0.2) is 19.6 Å². The van der Waals surface area contributed by atoms with Crippen LogP contribution in [-0.2, 0) is 41.7 Å². The maximum Gasteiger partial charge on any atom is 0.340 e. The van der Waals surface area contributed by atoms with Crippen molar-refractivity contribution < 1.29 is 38.1 Å². The average molecular weight is 797 g/mol. The highest BCUT2D eigenvalue weighted by atomic mass is 32.2. The largest absolute Gasteiger partial charge is 0.422 e. The highest BCUT2D eigenvalue weighted by molar-refractivity contribution is 8.26. The monoisotopic (exact) mass is 796 g/mol. The highest BCUT2D eigenvalue weighted by Crippen LogP contribution is 2.68. The molecule has 0 N–H and O–H groups in total. The summed E-state index contributed by atoms with van der Waals surface area (Å²) in [5.41, 5.74) is 1.43. The number of carbonyl (C=O) groups is 4. The minimum atomic E-state index is -0.802. The lowest BCUT2D eigenvalue weighted by molar-refractivity contribution is -0.149. The van der Waals surface area contributed by atoms with Gasteiger partial charge < -0.3 is 18.9 Å². The third-order valence-electron chi connectivity index (χ3n) is 8.98. The Balaban J connectivity index is 1.25. The van der Waals surface area contributed by atoms with Gasteiger partial charge in [0.15, 0.2) is 23.7 Å². The van der Waals surface area contributed by atoms with Crippen molar-refractivity contribution in [3.05, 3.63) is 91.4 Å². The van der Waals surface area contributed by atoms with Crippen LogP contribution in [-0.4, -0.2) is 59.2 Å². The minimum Gasteiger partial charge on any atom is -0.422 e. The number of hydrogen-bond donors (Lipinski definition) is 0. The number of esters is 2. The van der Waals surface area contributed by atoms with E-state index in [4.69, 9.17) is 18.9 Å². The van der Waals surface area contributed by atoms with Gasteiger partial charge in [-0.3, -0.25) is 9.59 Å². The van der Waals surface area contributed by atoms with E-state index in [2.05, 4.69) is 0 Å². The van der Waals surface area contributed by atoms with Crippen LogP contribution in [0.4, 0.5) is 0 Å². The van der Waals surface area contributed by atoms with E-state index in [1.54, 1.807) is 0 Å². The van der Waals surface area contributed by atoms with Crippen molar-refractivity contribution in [3.8, 4) is 23.6 Å². The van der Waals surface area contributed by atoms with Crippen LogP contribution in [0.25, 0.3) is 0 Å². The van der Waals surface area contributed by atoms with Crippen molar-refractivity contribution in [2.45, 2.75) is 70.6 Å². The molecular weight excluding hydrogens is 769 g/mol. The van der Waals surface area contributed by atoms with Crippen molar-refractivity contribution in [1.82, 2.24) is 10.0 Å². The fourth-order valence-corrected chi connectivity index (χ4v) is 11.7. The first-order chi connectivity index (χ1) is 26.3. The summed E-state index contributed by atoms with van der Waals surface area (Å²) in [7, 11) is 0. The molecule has 5 aliphatic rings. The molecule has 0 bridgehead atoms. The molecule has 2 amide bonds. The molecule has 3 aromatic carbocycles. The maximum atomic E-state index is 14.4. The van der Waals surface area contributed by atoms with Crippen molar-refractivity contribution in [3.63, 3.8) is 0 Å². The van der Waals surface area contributed by atoms with Gasteiger partial charge in [-0.2, -0.15) is 10.5 Å². The second-order valence-electron chi connectivity index (χ2n) is 12.5. The van der Waals surface area contributed by atoms with E-state index in [0.29, 0.717) is 67.0 Å². The molecule has 0 aliphatic carbocycles. The molecule has 272 valence electrons. The van der Waals surface area contributed by atoms with Gasteiger partial charge >= 0.3 is 11.9 Å². The van der Waals surface area contributed by atoms with Crippen LogP contribution in [0.1, 0.15) is 36.8 Å². The van der Waals surface area contributed by atoms with Gasteiger partial charge in [0.2, 0.25) is 0 Å². The maximum absolute atomic E-state index is 14.4. The van der Waals surface area contributed by atoms with Crippen LogP contribution in [0.15, 0.2) is 99.9 Å². The molecule has 3 fully saturated rings. The number of carbonyl (C=O) groups excluding carboxylic acids is 4. The molecule has 0 saturated carbocycles. The summed E-state index contributed by atoms with van der Waals surface area (Å²) in [6.45, 7) is 1.10. The Bertz CT molecular complexity index is 2070. The number of rotatable bonds is 8. The van der Waals surface area contributed by atoms with Crippen LogP contribution in [0.5, 0.6) is 11.5 Å². The lowest BCUT2D eigenvalue weighted by Gasteiger charge is -2.27. The topological polar surface area (TPSA) is 159 Å². The fraction of sp³-hybridized carbons (Fsp3) is 0.263. The van der Waals surface area contributed by atoms with Gasteiger partial charge in [0.1, 0.15) is 23.3 Å². The first-order valence-corrected chi connectivity index (χ1v) is 20.2. The first kappa shape index (κ1) is 36.3. The Morgan fingerprint density at radius 2 is 1.11 bits per heavy atom. The van der Waals surface area contributed by atoms with Gasteiger partial charge in [-0.15, -0.1) is 0 Å². The molecule has 0 radical (unpaired) electrons. The summed E-state index contributed by atoms with van der Waals surface area (Å²) in [6.07, 6.45) is 0.699. The Morgan fingerprint density at radius 3 is 1.50 bits per heavy atom. The fourth-order valence-electron chi connectivity index (χ4n) is 6.34. The van der Waals surface area contributed by atoms with E-state index < -0.39 is 36.0 Å². The summed E-state index contributed by atoms with van der Waals surface area (Å²) < 4.78 is 24.1. The number of thioether (sulfide) groups is 4. The smallest absolute Gasteiger partial charge is 0.340 e. The molecule has 0 aromatic heterocycles. The SMILES string of the molecule is N#CC(C#N)=C1Sc2c(OC(=O)C3CCCO3)c3c(c(OC(=O)C4CCCO4)c2S1)SC(=C1C(=O)N(Cc2ccccc2)N(Cc2ccccc2)C1=O)S3. The number of ether oxygens (including phenoxy) is 4. The molecule has 16 heteroatoms. The molecular formula is C38H28N4O8S4. The van der Waals surface area contributed by atoms with Gasteiger partial charge in [0.25, 0.3) is 11.8 Å². The Kier molecular flexibility index (Phi) is 10.5. The standard InChI is InChI=1S/C38H28N4O8S4/c39-17-23(18-40)37-51-29-27(49-35(45)24-13-7-15-47-24)31-32(28(30(29)52-37)50-36(46)25-14-8-16-48-25)54-38(53-31)26-33(43)41(19-21-9-3-1-4-10-21)42(34(26)44)20-22-11-5-2-6-12-22/h1-6,9-12,24-25H,7-8,13-16,19-20H2. The van der Waals surface area contributed by atoms with Crippen molar-refractivity contribution in [1.29, 1.82) is 10.5 Å². The third-order valence-corrected chi connectivity index (χ3v) is 14.2. The molecule has 8 rings (SSSR count). The van der Waals surface area contributed by atoms with Crippen molar-refractivity contribution in [2.75, 3.05) is 13.2 Å². The number of benzene rings is 3. The van der Waals surface area contributed by atoms with Gasteiger partial charge in [-0.1, -0.05) is 108 Å². The van der Waals surface area contributed by atoms with Gasteiger partial charge in [-0.05, 0) is 36.8 Å². The summed E-state index contributed by atoms with van der Waals surface area (Å²) in [6, 6.07) is 22.5. The summed E-state index contributed by atoms with van der Waals surface area (Å²) in [4.78, 5) is 57.3. The Labute approximate surface area is 326 Å². The third kappa shape index (κ3) is 6.90. The highest BCUT2D eigenvalue weighted by Gasteiger charge is 2.47. The van der Waals surface area contributed by atoms with Crippen molar-refractivity contribution in [2.24, 2.45) is 0 Å². The molecule has 0 spiro atoms. The summed E-state index contributed by atoms with van der Waals surface area (Å²) in [5, 5.41) is 22.3. The number of fused-ring (bicyclic) bond motifs is 2. The number of hydrazine groups is 1. The average Bonchev–Trinajstić information content (AvgIpc) is 4.04. The molecule has 5 heterocycles. The normalized spacial score (nSPS) is 20.2. The Hall–Kier alpha value is -4.68. The van der Waals surface area contributed by atoms with E-state index in [-0.39, 0.29) is 35.7 Å². The predicted octanol–water partition coefficient (Wildman–Crippen LogP) is 6.71. The van der Waals surface area contributed by atoms with Crippen LogP contribution < -0.4 is 9.47 Å². The van der Waals surface area contributed by atoms with Crippen LogP contribution in [0.2, 0.25) is 0 Å². The van der Waals surface area contributed by atoms with Gasteiger partial charge in [0.05, 0.1) is 41.1 Å². The van der Waals surface area contributed by atoms with E-state index in [1.807, 2.05) is 72.8 Å². The van der Waals surface area contributed by atoms with Crippen LogP contribution in [0.3, 0.4) is 0 Å². The minimum absolute atomic E-state index is 0.0711. The van der Waals surface area contributed by atoms with E-state index in [9.17, 15) is 29.7 Å². The second-order valence-corrected chi connectivity index (χ2v) is 17.1. The predicted molar refractivity (Wildman–Crippen MR) is 198 cm³/mol. The first-order valence-electron chi connectivity index (χ1n) is 17.0. The quantitative estimate of drug-likeness (QED) is 0.0779. The van der Waals surface area contributed by atoms with E-state index >= 15 is 0 Å². The summed E-state index contributed by atoms with van der Waals surface area (Å²) >= 11 is 4.24. The Morgan fingerprint density at radius 1 is 0.685 bits per heavy atom. The lowest BCUT2D eigenvalue weighted by atomic mass is 10.2. The van der Waals surface area contributed by atoms with Crippen LogP contribution in [0, 0.1) is 22.7 Å². The number of amides is 2. The number of nitrogens with zero attached hydrogens (tertiary/aromatic N) is 4.